The van der Waals surface area contributed by atoms with Crippen LogP contribution in [0.15, 0.2) is 35.9 Å². The van der Waals surface area contributed by atoms with Crippen LogP contribution in [0.5, 0.6) is 0 Å². The topological polar surface area (TPSA) is 52.6 Å². The molecule has 1 aromatic carbocycles. The summed E-state index contributed by atoms with van der Waals surface area (Å²) in [5.41, 5.74) is 2.11. The third-order valence-electron chi connectivity index (χ3n) is 2.98. The van der Waals surface area contributed by atoms with E-state index in [9.17, 15) is 9.59 Å². The minimum atomic E-state index is -0.643. The van der Waals surface area contributed by atoms with Crippen molar-refractivity contribution in [3.63, 3.8) is 0 Å². The van der Waals surface area contributed by atoms with Gasteiger partial charge in [0.25, 0.3) is 0 Å². The third kappa shape index (κ3) is 5.06. The molecule has 0 N–H and O–H groups in total. The Morgan fingerprint density at radius 1 is 1.14 bits per heavy atom. The summed E-state index contributed by atoms with van der Waals surface area (Å²) in [7, 11) is 0. The molecule has 4 heteroatoms. The van der Waals surface area contributed by atoms with Gasteiger partial charge in [-0.1, -0.05) is 42.8 Å². The first kappa shape index (κ1) is 17.0. The van der Waals surface area contributed by atoms with Crippen molar-refractivity contribution in [1.29, 1.82) is 0 Å². The number of ether oxygens (including phenoxy) is 2. The Hall–Kier alpha value is -2.10. The van der Waals surface area contributed by atoms with Crippen LogP contribution in [0, 0.1) is 6.92 Å². The molecule has 1 rings (SSSR count). The normalized spacial score (nSPS) is 11.4. The molecule has 4 nitrogen and oxygen atoms in total. The molecule has 0 aliphatic rings. The lowest BCUT2D eigenvalue weighted by atomic mass is 9.97. The van der Waals surface area contributed by atoms with Crippen molar-refractivity contribution in [2.24, 2.45) is 0 Å². The molecule has 1 atom stereocenters. The summed E-state index contributed by atoms with van der Waals surface area (Å²) in [5, 5.41) is 0. The molecule has 0 spiro atoms. The van der Waals surface area contributed by atoms with E-state index >= 15 is 0 Å². The van der Waals surface area contributed by atoms with Crippen LogP contribution >= 0.6 is 0 Å². The second-order valence-electron chi connectivity index (χ2n) is 4.72. The van der Waals surface area contributed by atoms with E-state index in [4.69, 9.17) is 9.47 Å². The predicted molar refractivity (Wildman–Crippen MR) is 80.9 cm³/mol. The van der Waals surface area contributed by atoms with Gasteiger partial charge < -0.3 is 9.47 Å². The summed E-state index contributed by atoms with van der Waals surface area (Å²) in [4.78, 5) is 23.8. The fourth-order valence-electron chi connectivity index (χ4n) is 1.94. The molecule has 0 bridgehead atoms. The largest absolute Gasteiger partial charge is 0.462 e. The quantitative estimate of drug-likeness (QED) is 0.349. The third-order valence-corrected chi connectivity index (χ3v) is 2.98. The lowest BCUT2D eigenvalue weighted by molar-refractivity contribution is -0.146. The fourth-order valence-corrected chi connectivity index (χ4v) is 1.94. The molecule has 0 heterocycles. The highest BCUT2D eigenvalue weighted by Gasteiger charge is 2.22. The minimum Gasteiger partial charge on any atom is -0.462 e. The van der Waals surface area contributed by atoms with Gasteiger partial charge in [0.15, 0.2) is 0 Å². The van der Waals surface area contributed by atoms with Gasteiger partial charge in [-0.15, -0.1) is 0 Å². The van der Waals surface area contributed by atoms with Crippen molar-refractivity contribution in [1.82, 2.24) is 0 Å². The van der Waals surface area contributed by atoms with E-state index in [-0.39, 0.29) is 24.7 Å². The Labute approximate surface area is 125 Å². The van der Waals surface area contributed by atoms with Crippen molar-refractivity contribution in [2.45, 2.75) is 33.6 Å². The highest BCUT2D eigenvalue weighted by molar-refractivity contribution is 6.14. The summed E-state index contributed by atoms with van der Waals surface area (Å²) in [6.45, 7) is 7.75. The van der Waals surface area contributed by atoms with E-state index < -0.39 is 11.9 Å². The Kier molecular flexibility index (Phi) is 6.66. The van der Waals surface area contributed by atoms with Gasteiger partial charge in [0, 0.05) is 5.92 Å². The van der Waals surface area contributed by atoms with E-state index in [2.05, 4.69) is 0 Å². The summed E-state index contributed by atoms with van der Waals surface area (Å²) in [6.07, 6.45) is 1.60. The van der Waals surface area contributed by atoms with Gasteiger partial charge in [-0.2, -0.15) is 0 Å². The number of rotatable bonds is 6. The molecule has 0 aliphatic carbocycles. The molecule has 1 aromatic rings. The summed E-state index contributed by atoms with van der Waals surface area (Å²) in [6, 6.07) is 7.93. The van der Waals surface area contributed by atoms with Crippen LogP contribution in [0.3, 0.4) is 0 Å². The molecule has 0 aromatic heterocycles. The van der Waals surface area contributed by atoms with Gasteiger partial charge in [-0.3, -0.25) is 0 Å². The Bertz CT molecular complexity index is 511. The molecule has 0 unspecified atom stereocenters. The smallest absolute Gasteiger partial charge is 0.345 e. The number of hydrogen-bond acceptors (Lipinski definition) is 4. The zero-order valence-corrected chi connectivity index (χ0v) is 13.0. The molecule has 0 radical (unpaired) electrons. The van der Waals surface area contributed by atoms with E-state index in [1.54, 1.807) is 19.9 Å². The van der Waals surface area contributed by atoms with Crippen molar-refractivity contribution in [2.75, 3.05) is 13.2 Å². The Balaban J connectivity index is 3.05. The van der Waals surface area contributed by atoms with Gasteiger partial charge >= 0.3 is 11.9 Å². The molecule has 0 amide bonds. The maximum atomic E-state index is 11.9. The van der Waals surface area contributed by atoms with Gasteiger partial charge in [0.1, 0.15) is 5.57 Å². The first-order valence-electron chi connectivity index (χ1n) is 7.12. The number of aryl methyl sites for hydroxylation is 1. The Morgan fingerprint density at radius 2 is 1.71 bits per heavy atom. The van der Waals surface area contributed by atoms with Crippen LogP contribution in [0.1, 0.15) is 37.8 Å². The van der Waals surface area contributed by atoms with Crippen molar-refractivity contribution < 1.29 is 19.1 Å². The van der Waals surface area contributed by atoms with E-state index in [0.717, 1.165) is 11.1 Å². The van der Waals surface area contributed by atoms with Gasteiger partial charge in [0.2, 0.25) is 0 Å². The summed E-state index contributed by atoms with van der Waals surface area (Å²) in [5.74, 6) is -1.38. The molecule has 114 valence electrons. The van der Waals surface area contributed by atoms with Crippen molar-refractivity contribution in [3.05, 3.63) is 47.0 Å². The maximum Gasteiger partial charge on any atom is 0.345 e. The molecule has 0 aliphatic heterocycles. The first-order chi connectivity index (χ1) is 9.99. The second kappa shape index (κ2) is 8.25. The molecule has 0 fully saturated rings. The molecule has 21 heavy (non-hydrogen) atoms. The molecular weight excluding hydrogens is 268 g/mol. The molecular formula is C17H22O4. The predicted octanol–water partition coefficient (Wildman–Crippen LogP) is 3.15. The van der Waals surface area contributed by atoms with E-state index in [0.29, 0.717) is 0 Å². The van der Waals surface area contributed by atoms with E-state index in [1.165, 1.54) is 0 Å². The van der Waals surface area contributed by atoms with E-state index in [1.807, 2.05) is 38.1 Å². The number of benzene rings is 1. The number of carbonyl (C=O) groups excluding carboxylic acids is 2. The van der Waals surface area contributed by atoms with Crippen LogP contribution in [-0.4, -0.2) is 25.2 Å². The van der Waals surface area contributed by atoms with Gasteiger partial charge in [-0.05, 0) is 26.3 Å². The standard InChI is InChI=1S/C17H22O4/c1-5-20-16(18)15(17(19)21-6-2)11-13(4)14-9-7-8-12(3)10-14/h7-11,13H,5-6H2,1-4H3/t13-/m1/s1. The Morgan fingerprint density at radius 3 is 2.19 bits per heavy atom. The molecule has 0 saturated heterocycles. The average molecular weight is 290 g/mol. The van der Waals surface area contributed by atoms with Crippen LogP contribution in [0.4, 0.5) is 0 Å². The highest BCUT2D eigenvalue weighted by atomic mass is 16.6. The number of allylic oxidation sites excluding steroid dienone is 1. The molecule has 0 saturated carbocycles. The second-order valence-corrected chi connectivity index (χ2v) is 4.72. The van der Waals surface area contributed by atoms with Crippen molar-refractivity contribution >= 4 is 11.9 Å². The van der Waals surface area contributed by atoms with Crippen molar-refractivity contribution in [3.8, 4) is 0 Å². The summed E-state index contributed by atoms with van der Waals surface area (Å²) >= 11 is 0. The van der Waals surface area contributed by atoms with Crippen LogP contribution in [0.2, 0.25) is 0 Å². The monoisotopic (exact) mass is 290 g/mol. The average Bonchev–Trinajstić information content (AvgIpc) is 2.44. The lowest BCUT2D eigenvalue weighted by Crippen LogP contribution is -2.19. The van der Waals surface area contributed by atoms with Crippen LogP contribution in [-0.2, 0) is 19.1 Å². The zero-order valence-electron chi connectivity index (χ0n) is 13.0. The first-order valence-corrected chi connectivity index (χ1v) is 7.12. The zero-order chi connectivity index (χ0) is 15.8. The minimum absolute atomic E-state index is 0.0484. The SMILES string of the molecule is CCOC(=O)C(=C[C@@H](C)c1cccc(C)c1)C(=O)OCC. The van der Waals surface area contributed by atoms with Crippen LogP contribution in [0.25, 0.3) is 0 Å². The number of hydrogen-bond donors (Lipinski definition) is 0. The van der Waals surface area contributed by atoms with Gasteiger partial charge in [0.05, 0.1) is 13.2 Å². The number of esters is 2. The maximum absolute atomic E-state index is 11.9. The van der Waals surface area contributed by atoms with Crippen LogP contribution < -0.4 is 0 Å². The fraction of sp³-hybridized carbons (Fsp3) is 0.412. The summed E-state index contributed by atoms with van der Waals surface area (Å²) < 4.78 is 9.85. The number of carbonyl (C=O) groups is 2. The lowest BCUT2D eigenvalue weighted by Gasteiger charge is -2.11. The van der Waals surface area contributed by atoms with Gasteiger partial charge in [-0.25, -0.2) is 9.59 Å². The highest BCUT2D eigenvalue weighted by Crippen LogP contribution is 2.20.